The Bertz CT molecular complexity index is 731. The molecule has 0 aliphatic heterocycles. The number of nitrogen functional groups attached to an aromatic ring is 1. The molecule has 0 atom stereocenters. The monoisotopic (exact) mass is 267 g/mol. The highest BCUT2D eigenvalue weighted by Gasteiger charge is 2.11. The summed E-state index contributed by atoms with van der Waals surface area (Å²) in [5.74, 6) is 6.68. The van der Waals surface area contributed by atoms with Gasteiger partial charge < -0.3 is 5.43 Å². The Hall–Kier alpha value is -2.40. The third-order valence-electron chi connectivity index (χ3n) is 3.26. The maximum absolute atomic E-state index is 5.61. The van der Waals surface area contributed by atoms with Crippen molar-refractivity contribution in [2.45, 2.75) is 19.8 Å². The fourth-order valence-corrected chi connectivity index (χ4v) is 2.13. The molecule has 0 saturated carbocycles. The molecule has 5 heteroatoms. The lowest BCUT2D eigenvalue weighted by Gasteiger charge is -2.07. The summed E-state index contributed by atoms with van der Waals surface area (Å²) in [6, 6.07) is 13.9. The van der Waals surface area contributed by atoms with Crippen molar-refractivity contribution in [3.05, 3.63) is 48.2 Å². The third-order valence-corrected chi connectivity index (χ3v) is 3.26. The van der Waals surface area contributed by atoms with Crippen LogP contribution in [0.2, 0.25) is 0 Å². The van der Waals surface area contributed by atoms with Crippen molar-refractivity contribution in [3.63, 3.8) is 0 Å². The summed E-state index contributed by atoms with van der Waals surface area (Å²) in [5.41, 5.74) is 6.42. The number of nitrogens with zero attached hydrogens (tertiary/aromatic N) is 3. The number of hydrogen-bond acceptors (Lipinski definition) is 4. The number of rotatable bonds is 3. The molecule has 0 aliphatic carbocycles. The minimum atomic E-state index is 0.350. The summed E-state index contributed by atoms with van der Waals surface area (Å²) < 4.78 is 1.74. The van der Waals surface area contributed by atoms with E-state index in [-0.39, 0.29) is 0 Å². The summed E-state index contributed by atoms with van der Waals surface area (Å²) in [4.78, 5) is 4.66. The van der Waals surface area contributed by atoms with E-state index in [9.17, 15) is 0 Å². The number of anilines is 1. The summed E-state index contributed by atoms with van der Waals surface area (Å²) in [6.45, 7) is 4.21. The van der Waals surface area contributed by atoms with Crippen LogP contribution < -0.4 is 11.3 Å². The van der Waals surface area contributed by atoms with Crippen LogP contribution in [0.5, 0.6) is 0 Å². The molecule has 20 heavy (non-hydrogen) atoms. The number of aromatic nitrogens is 3. The molecule has 5 nitrogen and oxygen atoms in total. The van der Waals surface area contributed by atoms with E-state index in [0.717, 1.165) is 28.4 Å². The Kier molecular flexibility index (Phi) is 3.12. The van der Waals surface area contributed by atoms with E-state index >= 15 is 0 Å². The van der Waals surface area contributed by atoms with Crippen LogP contribution in [0.3, 0.4) is 0 Å². The van der Waals surface area contributed by atoms with Crippen LogP contribution in [0.4, 0.5) is 5.82 Å². The third kappa shape index (κ3) is 2.12. The first-order valence-corrected chi connectivity index (χ1v) is 6.62. The van der Waals surface area contributed by atoms with Crippen molar-refractivity contribution in [3.8, 4) is 11.3 Å². The summed E-state index contributed by atoms with van der Waals surface area (Å²) >= 11 is 0. The minimum absolute atomic E-state index is 0.350. The molecule has 0 spiro atoms. The van der Waals surface area contributed by atoms with E-state index in [1.807, 2.05) is 42.5 Å². The molecule has 3 aromatic rings. The van der Waals surface area contributed by atoms with Gasteiger partial charge in [-0.2, -0.15) is 9.61 Å². The van der Waals surface area contributed by atoms with Crippen LogP contribution in [0.1, 0.15) is 25.5 Å². The van der Waals surface area contributed by atoms with Crippen molar-refractivity contribution in [2.75, 3.05) is 5.43 Å². The van der Waals surface area contributed by atoms with Gasteiger partial charge in [-0.05, 0) is 5.92 Å². The smallest absolute Gasteiger partial charge is 0.158 e. The Labute approximate surface area is 117 Å². The lowest BCUT2D eigenvalue weighted by atomic mass is 10.1. The lowest BCUT2D eigenvalue weighted by molar-refractivity contribution is 0.787. The van der Waals surface area contributed by atoms with Crippen LogP contribution in [-0.4, -0.2) is 14.6 Å². The zero-order valence-electron chi connectivity index (χ0n) is 11.5. The number of hydrogen-bond donors (Lipinski definition) is 2. The molecule has 1 aromatic carbocycles. The Balaban J connectivity index is 2.21. The maximum Gasteiger partial charge on any atom is 0.158 e. The second kappa shape index (κ2) is 4.94. The molecule has 3 N–H and O–H groups in total. The van der Waals surface area contributed by atoms with Crippen molar-refractivity contribution in [1.29, 1.82) is 0 Å². The normalized spacial score (nSPS) is 11.2. The van der Waals surface area contributed by atoms with Crippen LogP contribution in [-0.2, 0) is 0 Å². The molecule has 3 rings (SSSR count). The van der Waals surface area contributed by atoms with Crippen molar-refractivity contribution in [2.24, 2.45) is 5.84 Å². The van der Waals surface area contributed by atoms with E-state index in [4.69, 9.17) is 5.84 Å². The first-order chi connectivity index (χ1) is 9.69. The number of nitrogens with two attached hydrogens (primary N) is 1. The van der Waals surface area contributed by atoms with Gasteiger partial charge in [0.05, 0.1) is 11.4 Å². The molecular formula is C15H17N5. The molecule has 0 radical (unpaired) electrons. The van der Waals surface area contributed by atoms with Gasteiger partial charge in [-0.15, -0.1) is 0 Å². The molecule has 0 saturated heterocycles. The number of benzene rings is 1. The average Bonchev–Trinajstić information content (AvgIpc) is 2.91. The Morgan fingerprint density at radius 1 is 1.15 bits per heavy atom. The van der Waals surface area contributed by atoms with E-state index in [1.165, 1.54) is 0 Å². The highest BCUT2D eigenvalue weighted by atomic mass is 15.4. The highest BCUT2D eigenvalue weighted by molar-refractivity contribution is 5.66. The molecule has 0 aliphatic rings. The number of hydrazine groups is 1. The van der Waals surface area contributed by atoms with Gasteiger partial charge in [0.25, 0.3) is 0 Å². The quantitative estimate of drug-likeness (QED) is 0.565. The van der Waals surface area contributed by atoms with E-state index in [2.05, 4.69) is 29.4 Å². The summed E-state index contributed by atoms with van der Waals surface area (Å²) in [7, 11) is 0. The van der Waals surface area contributed by atoms with Crippen LogP contribution in [0.15, 0.2) is 42.5 Å². The average molecular weight is 267 g/mol. The first-order valence-electron chi connectivity index (χ1n) is 6.62. The molecule has 0 amide bonds. The predicted molar refractivity (Wildman–Crippen MR) is 80.3 cm³/mol. The van der Waals surface area contributed by atoms with Gasteiger partial charge in [0.1, 0.15) is 5.82 Å². The fraction of sp³-hybridized carbons (Fsp3) is 0.200. The Morgan fingerprint density at radius 2 is 1.90 bits per heavy atom. The zero-order chi connectivity index (χ0) is 14.1. The minimum Gasteiger partial charge on any atom is -0.308 e. The predicted octanol–water partition coefficient (Wildman–Crippen LogP) is 2.81. The van der Waals surface area contributed by atoms with Gasteiger partial charge in [-0.25, -0.2) is 10.8 Å². The van der Waals surface area contributed by atoms with Gasteiger partial charge in [-0.1, -0.05) is 44.2 Å². The highest BCUT2D eigenvalue weighted by Crippen LogP contribution is 2.23. The van der Waals surface area contributed by atoms with Crippen molar-refractivity contribution in [1.82, 2.24) is 14.6 Å². The topological polar surface area (TPSA) is 68.2 Å². The molecule has 2 heterocycles. The molecule has 0 fully saturated rings. The van der Waals surface area contributed by atoms with Crippen molar-refractivity contribution < 1.29 is 0 Å². The molecule has 0 unspecified atom stereocenters. The molecule has 102 valence electrons. The van der Waals surface area contributed by atoms with Crippen LogP contribution in [0, 0.1) is 0 Å². The van der Waals surface area contributed by atoms with Gasteiger partial charge >= 0.3 is 0 Å². The SMILES string of the molecule is CC(C)c1cc2nc(-c3ccccc3)cc(NN)n2n1. The van der Waals surface area contributed by atoms with E-state index in [1.54, 1.807) is 4.52 Å². The molecular weight excluding hydrogens is 250 g/mol. The number of fused-ring (bicyclic) bond motifs is 1. The first kappa shape index (κ1) is 12.6. The van der Waals surface area contributed by atoms with Gasteiger partial charge in [0.2, 0.25) is 0 Å². The zero-order valence-corrected chi connectivity index (χ0v) is 11.5. The summed E-state index contributed by atoms with van der Waals surface area (Å²) in [6.07, 6.45) is 0. The van der Waals surface area contributed by atoms with Gasteiger partial charge in [0.15, 0.2) is 5.65 Å². The van der Waals surface area contributed by atoms with Crippen LogP contribution >= 0.6 is 0 Å². The van der Waals surface area contributed by atoms with Gasteiger partial charge in [0, 0.05) is 17.7 Å². The van der Waals surface area contributed by atoms with Crippen molar-refractivity contribution >= 4 is 11.5 Å². The van der Waals surface area contributed by atoms with Crippen LogP contribution in [0.25, 0.3) is 16.9 Å². The van der Waals surface area contributed by atoms with E-state index in [0.29, 0.717) is 5.92 Å². The number of nitrogens with one attached hydrogen (secondary N) is 1. The summed E-state index contributed by atoms with van der Waals surface area (Å²) in [5, 5.41) is 4.53. The lowest BCUT2D eigenvalue weighted by Crippen LogP contribution is -2.12. The Morgan fingerprint density at radius 3 is 2.55 bits per heavy atom. The van der Waals surface area contributed by atoms with E-state index < -0.39 is 0 Å². The second-order valence-electron chi connectivity index (χ2n) is 5.03. The molecule has 2 aromatic heterocycles. The maximum atomic E-state index is 5.61. The second-order valence-corrected chi connectivity index (χ2v) is 5.03. The standard InChI is InChI=1S/C15H17N5/c1-10(2)12-8-14-17-13(11-6-4-3-5-7-11)9-15(18-16)20(14)19-12/h3-10,18H,16H2,1-2H3. The fourth-order valence-electron chi connectivity index (χ4n) is 2.13. The molecule has 0 bridgehead atoms. The van der Waals surface area contributed by atoms with Gasteiger partial charge in [-0.3, -0.25) is 0 Å². The largest absolute Gasteiger partial charge is 0.308 e.